The van der Waals surface area contributed by atoms with Crippen LogP contribution in [-0.4, -0.2) is 16.6 Å². The first-order valence-electron chi connectivity index (χ1n) is 6.09. The van der Waals surface area contributed by atoms with Gasteiger partial charge in [0.1, 0.15) is 0 Å². The van der Waals surface area contributed by atoms with Gasteiger partial charge in [-0.05, 0) is 39.5 Å². The molecule has 1 nitrogen and oxygen atoms in total. The topological polar surface area (TPSA) is 12.4 Å². The third-order valence-corrected chi connectivity index (χ3v) is 3.15. The SMILES string of the molecule is CCC(=NC(C)C)C(C)(Cl)C[C@@H](C)CC. The number of hydrogen-bond acceptors (Lipinski definition) is 1. The van der Waals surface area contributed by atoms with E-state index >= 15 is 0 Å². The Labute approximate surface area is 100 Å². The van der Waals surface area contributed by atoms with E-state index in [0.717, 1.165) is 18.6 Å². The smallest absolute Gasteiger partial charge is 0.0796 e. The van der Waals surface area contributed by atoms with Crippen LogP contribution in [0, 0.1) is 5.92 Å². The molecule has 0 heterocycles. The van der Waals surface area contributed by atoms with Crippen LogP contribution in [0.25, 0.3) is 0 Å². The summed E-state index contributed by atoms with van der Waals surface area (Å²) in [6, 6.07) is 0.343. The van der Waals surface area contributed by atoms with Crippen LogP contribution in [-0.2, 0) is 0 Å². The summed E-state index contributed by atoms with van der Waals surface area (Å²) in [6.45, 7) is 12.9. The summed E-state index contributed by atoms with van der Waals surface area (Å²) in [5.74, 6) is 0.663. The molecular weight excluding hydrogens is 206 g/mol. The summed E-state index contributed by atoms with van der Waals surface area (Å²) in [5, 5.41) is 0. The second-order valence-corrected chi connectivity index (χ2v) is 5.77. The van der Waals surface area contributed by atoms with Crippen molar-refractivity contribution in [1.82, 2.24) is 0 Å². The van der Waals surface area contributed by atoms with E-state index < -0.39 is 0 Å². The summed E-state index contributed by atoms with van der Waals surface area (Å²) in [5.41, 5.74) is 1.15. The Kier molecular flexibility index (Phi) is 6.51. The molecule has 0 aliphatic rings. The molecule has 0 rings (SSSR count). The van der Waals surface area contributed by atoms with E-state index in [1.807, 2.05) is 0 Å². The van der Waals surface area contributed by atoms with Gasteiger partial charge in [0.2, 0.25) is 0 Å². The van der Waals surface area contributed by atoms with Gasteiger partial charge in [-0.25, -0.2) is 0 Å². The molecule has 1 unspecified atom stereocenters. The number of nitrogens with zero attached hydrogens (tertiary/aromatic N) is 1. The Morgan fingerprint density at radius 3 is 2.13 bits per heavy atom. The van der Waals surface area contributed by atoms with Crippen molar-refractivity contribution in [3.63, 3.8) is 0 Å². The molecule has 2 heteroatoms. The lowest BCUT2D eigenvalue weighted by Gasteiger charge is -2.27. The standard InChI is InChI=1S/C13H26ClN/c1-7-11(5)9-13(6,14)12(8-2)15-10(3)4/h10-11H,7-9H2,1-6H3/t11-,13?/m0/s1. The van der Waals surface area contributed by atoms with Gasteiger partial charge in [0.15, 0.2) is 0 Å². The molecular formula is C13H26ClN. The first-order valence-corrected chi connectivity index (χ1v) is 6.47. The minimum Gasteiger partial charge on any atom is -0.290 e. The second kappa shape index (κ2) is 6.52. The summed E-state index contributed by atoms with van der Waals surface area (Å²) in [6.07, 6.45) is 3.15. The lowest BCUT2D eigenvalue weighted by Crippen LogP contribution is -2.31. The fourth-order valence-corrected chi connectivity index (χ4v) is 2.27. The molecule has 0 aromatic carbocycles. The molecule has 0 saturated carbocycles. The minimum absolute atomic E-state index is 0.256. The van der Waals surface area contributed by atoms with Gasteiger partial charge in [0.25, 0.3) is 0 Å². The van der Waals surface area contributed by atoms with Crippen LogP contribution in [0.2, 0.25) is 0 Å². The number of rotatable bonds is 6. The molecule has 0 spiro atoms. The van der Waals surface area contributed by atoms with Crippen molar-refractivity contribution in [1.29, 1.82) is 0 Å². The molecule has 0 aromatic rings. The molecule has 90 valence electrons. The van der Waals surface area contributed by atoms with Gasteiger partial charge in [0, 0.05) is 11.8 Å². The summed E-state index contributed by atoms with van der Waals surface area (Å²) < 4.78 is 0. The molecule has 0 amide bonds. The van der Waals surface area contributed by atoms with Crippen molar-refractivity contribution in [2.75, 3.05) is 0 Å². The van der Waals surface area contributed by atoms with Crippen LogP contribution in [0.3, 0.4) is 0 Å². The van der Waals surface area contributed by atoms with Gasteiger partial charge in [-0.3, -0.25) is 4.99 Å². The lowest BCUT2D eigenvalue weighted by atomic mass is 9.90. The van der Waals surface area contributed by atoms with Crippen LogP contribution >= 0.6 is 11.6 Å². The maximum Gasteiger partial charge on any atom is 0.0796 e. The lowest BCUT2D eigenvalue weighted by molar-refractivity contribution is 0.481. The quantitative estimate of drug-likeness (QED) is 0.465. The van der Waals surface area contributed by atoms with Crippen molar-refractivity contribution in [3.05, 3.63) is 0 Å². The van der Waals surface area contributed by atoms with Gasteiger partial charge >= 0.3 is 0 Å². The maximum atomic E-state index is 6.59. The first kappa shape index (κ1) is 15.0. The molecule has 2 atom stereocenters. The molecule has 0 aromatic heterocycles. The average molecular weight is 232 g/mol. The Hall–Kier alpha value is -0.0400. The monoisotopic (exact) mass is 231 g/mol. The average Bonchev–Trinajstić information content (AvgIpc) is 2.12. The maximum absolute atomic E-state index is 6.59. The van der Waals surface area contributed by atoms with E-state index in [1.165, 1.54) is 6.42 Å². The predicted octanol–water partition coefficient (Wildman–Crippen LogP) is 4.68. The zero-order chi connectivity index (χ0) is 12.1. The van der Waals surface area contributed by atoms with Gasteiger partial charge in [-0.1, -0.05) is 27.2 Å². The molecule has 0 fully saturated rings. The summed E-state index contributed by atoms with van der Waals surface area (Å²) in [7, 11) is 0. The van der Waals surface area contributed by atoms with E-state index in [9.17, 15) is 0 Å². The third kappa shape index (κ3) is 5.55. The highest BCUT2D eigenvalue weighted by atomic mass is 35.5. The minimum atomic E-state index is -0.256. The number of alkyl halides is 1. The van der Waals surface area contributed by atoms with E-state index in [0.29, 0.717) is 12.0 Å². The Morgan fingerprint density at radius 2 is 1.80 bits per heavy atom. The fraction of sp³-hybridized carbons (Fsp3) is 0.923. The van der Waals surface area contributed by atoms with Gasteiger partial charge in [-0.2, -0.15) is 0 Å². The molecule has 0 aliphatic carbocycles. The molecule has 0 aliphatic heterocycles. The molecule has 0 saturated heterocycles. The van der Waals surface area contributed by atoms with Crippen molar-refractivity contribution >= 4 is 17.3 Å². The molecule has 0 N–H and O–H groups in total. The van der Waals surface area contributed by atoms with E-state index in [1.54, 1.807) is 0 Å². The summed E-state index contributed by atoms with van der Waals surface area (Å²) >= 11 is 6.59. The van der Waals surface area contributed by atoms with Gasteiger partial charge in [-0.15, -0.1) is 11.6 Å². The Bertz CT molecular complexity index is 207. The highest BCUT2D eigenvalue weighted by Crippen LogP contribution is 2.29. The largest absolute Gasteiger partial charge is 0.290 e. The van der Waals surface area contributed by atoms with Crippen molar-refractivity contribution in [2.24, 2.45) is 10.9 Å². The van der Waals surface area contributed by atoms with Gasteiger partial charge in [0.05, 0.1) is 4.87 Å². The van der Waals surface area contributed by atoms with Crippen LogP contribution in [0.5, 0.6) is 0 Å². The normalized spacial score (nSPS) is 19.1. The zero-order valence-corrected chi connectivity index (χ0v) is 11.9. The van der Waals surface area contributed by atoms with Crippen molar-refractivity contribution < 1.29 is 0 Å². The van der Waals surface area contributed by atoms with Gasteiger partial charge < -0.3 is 0 Å². The molecule has 15 heavy (non-hydrogen) atoms. The highest BCUT2D eigenvalue weighted by molar-refractivity contribution is 6.35. The Balaban J connectivity index is 4.65. The second-order valence-electron chi connectivity index (χ2n) is 4.94. The zero-order valence-electron chi connectivity index (χ0n) is 11.1. The molecule has 0 bridgehead atoms. The van der Waals surface area contributed by atoms with E-state index in [4.69, 9.17) is 11.6 Å². The van der Waals surface area contributed by atoms with E-state index in [-0.39, 0.29) is 4.87 Å². The predicted molar refractivity (Wildman–Crippen MR) is 71.2 cm³/mol. The van der Waals surface area contributed by atoms with Crippen LogP contribution in [0.15, 0.2) is 4.99 Å². The number of aliphatic imine (C=N–C) groups is 1. The number of hydrogen-bond donors (Lipinski definition) is 0. The Morgan fingerprint density at radius 1 is 1.27 bits per heavy atom. The van der Waals surface area contributed by atoms with Crippen molar-refractivity contribution in [3.8, 4) is 0 Å². The summed E-state index contributed by atoms with van der Waals surface area (Å²) in [4.78, 5) is 4.38. The van der Waals surface area contributed by atoms with E-state index in [2.05, 4.69) is 46.5 Å². The third-order valence-electron chi connectivity index (χ3n) is 2.78. The number of halogens is 1. The first-order chi connectivity index (χ1) is 6.83. The van der Waals surface area contributed by atoms with Crippen molar-refractivity contribution in [2.45, 2.75) is 71.7 Å². The van der Waals surface area contributed by atoms with Crippen LogP contribution in [0.4, 0.5) is 0 Å². The van der Waals surface area contributed by atoms with Crippen LogP contribution < -0.4 is 0 Å². The molecule has 0 radical (unpaired) electrons. The van der Waals surface area contributed by atoms with Crippen LogP contribution in [0.1, 0.15) is 60.8 Å². The fourth-order valence-electron chi connectivity index (χ4n) is 1.82. The highest BCUT2D eigenvalue weighted by Gasteiger charge is 2.28.